The van der Waals surface area contributed by atoms with Crippen LogP contribution in [-0.2, 0) is 24.4 Å². The number of amides is 1. The van der Waals surface area contributed by atoms with Crippen LogP contribution in [-0.4, -0.2) is 93.0 Å². The van der Waals surface area contributed by atoms with Gasteiger partial charge in [-0.1, -0.05) is 22.9 Å². The smallest absolute Gasteiger partial charge is 0.323 e. The number of amidine groups is 1. The minimum atomic E-state index is -4.18. The Morgan fingerprint density at radius 1 is 1.35 bits per heavy atom. The van der Waals surface area contributed by atoms with Crippen LogP contribution < -0.4 is 20.7 Å². The van der Waals surface area contributed by atoms with E-state index in [1.807, 2.05) is 6.92 Å². The lowest BCUT2D eigenvalue weighted by Crippen LogP contribution is -2.50. The lowest BCUT2D eigenvalue weighted by Gasteiger charge is -2.24. The topological polar surface area (TPSA) is 174 Å². The third-order valence-electron chi connectivity index (χ3n) is 6.65. The molecule has 37 heavy (non-hydrogen) atoms. The summed E-state index contributed by atoms with van der Waals surface area (Å²) in [4.78, 5) is 35.1. The first-order valence-electron chi connectivity index (χ1n) is 12.1. The number of benzene rings is 1. The second kappa shape index (κ2) is 10.6. The molecule has 1 amide bonds. The summed E-state index contributed by atoms with van der Waals surface area (Å²) in [5, 5.41) is 23.6. The maximum absolute atomic E-state index is 13.1. The van der Waals surface area contributed by atoms with E-state index >= 15 is 0 Å². The van der Waals surface area contributed by atoms with Crippen molar-refractivity contribution in [2.75, 3.05) is 32.7 Å². The van der Waals surface area contributed by atoms with Crippen LogP contribution in [0, 0.1) is 20.8 Å². The molecule has 1 aromatic carbocycles. The van der Waals surface area contributed by atoms with Gasteiger partial charge in [-0.3, -0.25) is 19.5 Å². The molecule has 1 spiro atoms. The second-order valence-electron chi connectivity index (χ2n) is 9.78. The van der Waals surface area contributed by atoms with Gasteiger partial charge in [0, 0.05) is 32.1 Å². The zero-order valence-electron chi connectivity index (χ0n) is 21.1. The van der Waals surface area contributed by atoms with Crippen LogP contribution in [0.4, 0.5) is 0 Å². The van der Waals surface area contributed by atoms with Crippen LogP contribution in [0.5, 0.6) is 0 Å². The summed E-state index contributed by atoms with van der Waals surface area (Å²) in [6.07, 6.45) is 1.34. The Morgan fingerprint density at radius 2 is 2.08 bits per heavy atom. The number of sulfonamides is 1. The number of nitrogens with one attached hydrogen (secondary N) is 4. The number of hydrogen-bond donors (Lipinski definition) is 5. The van der Waals surface area contributed by atoms with Crippen molar-refractivity contribution in [3.05, 3.63) is 28.8 Å². The highest BCUT2D eigenvalue weighted by Crippen LogP contribution is 2.33. The van der Waals surface area contributed by atoms with Crippen LogP contribution in [0.3, 0.4) is 0 Å². The Bertz CT molecular complexity index is 1210. The average molecular weight is 536 g/mol. The number of rotatable bonds is 9. The maximum atomic E-state index is 13.1. The first kappa shape index (κ1) is 26.8. The fraction of sp³-hybridized carbons (Fsp3) is 0.565. The molecule has 3 heterocycles. The number of oxime groups is 1. The molecule has 0 radical (unpaired) electrons. The molecule has 0 aliphatic carbocycles. The number of carboxylic acid groups (broad SMARTS) is 1. The SMILES string of the molecule is Cc1cc(C)c(S(=O)(=O)NC(CN(C=O)C2=NO[C@]3(CNC(CNC4=NCCN4)C3)C2)C(=O)O)c(C)c1. The van der Waals surface area contributed by atoms with Crippen LogP contribution in [0.2, 0.25) is 0 Å². The van der Waals surface area contributed by atoms with Crippen molar-refractivity contribution in [3.8, 4) is 0 Å². The number of hydrogen-bond acceptors (Lipinski definition) is 10. The number of guanidine groups is 1. The first-order valence-corrected chi connectivity index (χ1v) is 13.6. The van der Waals surface area contributed by atoms with Crippen molar-refractivity contribution in [1.82, 2.24) is 25.6 Å². The molecule has 4 rings (SSSR count). The Morgan fingerprint density at radius 3 is 2.70 bits per heavy atom. The molecule has 202 valence electrons. The summed E-state index contributed by atoms with van der Waals surface area (Å²) < 4.78 is 28.5. The number of nitrogens with zero attached hydrogens (tertiary/aromatic N) is 3. The summed E-state index contributed by atoms with van der Waals surface area (Å²) >= 11 is 0. The van der Waals surface area contributed by atoms with E-state index in [4.69, 9.17) is 4.84 Å². The molecular weight excluding hydrogens is 502 g/mol. The predicted octanol–water partition coefficient (Wildman–Crippen LogP) is -0.815. The molecule has 5 N–H and O–H groups in total. The van der Waals surface area contributed by atoms with Crippen LogP contribution in [0.15, 0.2) is 27.2 Å². The molecule has 0 saturated carbocycles. The van der Waals surface area contributed by atoms with E-state index in [0.717, 1.165) is 29.5 Å². The van der Waals surface area contributed by atoms with Gasteiger partial charge in [0.2, 0.25) is 16.4 Å². The van der Waals surface area contributed by atoms with Gasteiger partial charge in [0.1, 0.15) is 6.04 Å². The zero-order chi connectivity index (χ0) is 26.8. The number of carbonyl (C=O) groups excluding carboxylic acids is 1. The minimum absolute atomic E-state index is 0.0259. The normalized spacial score (nSPS) is 23.7. The predicted molar refractivity (Wildman–Crippen MR) is 136 cm³/mol. The number of carbonyl (C=O) groups is 2. The first-order chi connectivity index (χ1) is 17.5. The third-order valence-corrected chi connectivity index (χ3v) is 8.43. The molecule has 3 aliphatic rings. The fourth-order valence-electron chi connectivity index (χ4n) is 5.07. The second-order valence-corrected chi connectivity index (χ2v) is 11.4. The number of aryl methyl sites for hydroxylation is 3. The van der Waals surface area contributed by atoms with E-state index in [1.54, 1.807) is 26.0 Å². The Kier molecular flexibility index (Phi) is 7.71. The van der Waals surface area contributed by atoms with Crippen molar-refractivity contribution in [3.63, 3.8) is 0 Å². The summed E-state index contributed by atoms with van der Waals surface area (Å²) in [6, 6.07) is 1.93. The van der Waals surface area contributed by atoms with E-state index in [2.05, 4.69) is 30.8 Å². The van der Waals surface area contributed by atoms with Gasteiger partial charge < -0.3 is 25.9 Å². The van der Waals surface area contributed by atoms with Crippen molar-refractivity contribution >= 4 is 34.2 Å². The van der Waals surface area contributed by atoms with Crippen molar-refractivity contribution in [2.24, 2.45) is 10.1 Å². The maximum Gasteiger partial charge on any atom is 0.323 e. The lowest BCUT2D eigenvalue weighted by molar-refractivity contribution is -0.139. The van der Waals surface area contributed by atoms with E-state index < -0.39 is 34.2 Å². The zero-order valence-corrected chi connectivity index (χ0v) is 21.9. The molecule has 1 aromatic rings. The van der Waals surface area contributed by atoms with Crippen molar-refractivity contribution in [2.45, 2.75) is 56.2 Å². The Labute approximate surface area is 215 Å². The molecule has 2 unspecified atom stereocenters. The molecule has 0 aromatic heterocycles. The van der Waals surface area contributed by atoms with Gasteiger partial charge in [-0.25, -0.2) is 8.42 Å². The highest BCUT2D eigenvalue weighted by Gasteiger charge is 2.47. The molecule has 13 nitrogen and oxygen atoms in total. The van der Waals surface area contributed by atoms with Gasteiger partial charge in [0.05, 0.1) is 24.4 Å². The van der Waals surface area contributed by atoms with Gasteiger partial charge in [-0.15, -0.1) is 0 Å². The molecule has 0 bridgehead atoms. The van der Waals surface area contributed by atoms with Gasteiger partial charge in [0.25, 0.3) is 0 Å². The largest absolute Gasteiger partial charge is 0.480 e. The number of aliphatic carboxylic acids is 1. The number of aliphatic imine (C=N–C) groups is 1. The molecule has 1 fully saturated rings. The molecule has 3 aliphatic heterocycles. The van der Waals surface area contributed by atoms with E-state index in [1.165, 1.54) is 0 Å². The average Bonchev–Trinajstić information content (AvgIpc) is 3.56. The highest BCUT2D eigenvalue weighted by molar-refractivity contribution is 7.89. The Balaban J connectivity index is 1.40. The van der Waals surface area contributed by atoms with Crippen LogP contribution in [0.25, 0.3) is 0 Å². The summed E-state index contributed by atoms with van der Waals surface area (Å²) in [5.74, 6) is -0.401. The van der Waals surface area contributed by atoms with Crippen LogP contribution >= 0.6 is 0 Å². The molecule has 3 atom stereocenters. The van der Waals surface area contributed by atoms with E-state index in [-0.39, 0.29) is 23.2 Å². The van der Waals surface area contributed by atoms with Crippen LogP contribution in [0.1, 0.15) is 29.5 Å². The molecule has 14 heteroatoms. The Hall–Kier alpha value is -3.23. The van der Waals surface area contributed by atoms with Gasteiger partial charge in [0.15, 0.2) is 17.4 Å². The third kappa shape index (κ3) is 6.02. The van der Waals surface area contributed by atoms with Crippen molar-refractivity contribution < 1.29 is 28.0 Å². The summed E-state index contributed by atoms with van der Waals surface area (Å²) in [5.41, 5.74) is 1.24. The lowest BCUT2D eigenvalue weighted by atomic mass is 9.95. The van der Waals surface area contributed by atoms with Gasteiger partial charge in [-0.05, 0) is 31.9 Å². The van der Waals surface area contributed by atoms with Gasteiger partial charge in [-0.2, -0.15) is 4.72 Å². The standard InChI is InChI=1S/C23H33N7O6S/c1-14-6-15(2)20(16(3)7-14)37(34,35)29-18(21(32)33)11-30(13-31)19-9-23(36-28-19)8-17(27-12-23)10-26-22-24-4-5-25-22/h6-7,13,17-18,27,29H,4-5,8-12H2,1-3H3,(H,32,33)(H2,24,25,26)/t17?,18?,23-/m0/s1. The molecule has 1 saturated heterocycles. The summed E-state index contributed by atoms with van der Waals surface area (Å²) in [6.45, 7) is 7.40. The fourth-order valence-corrected chi connectivity index (χ4v) is 6.71. The van der Waals surface area contributed by atoms with Gasteiger partial charge >= 0.3 is 5.97 Å². The quantitative estimate of drug-likeness (QED) is 0.253. The summed E-state index contributed by atoms with van der Waals surface area (Å²) in [7, 11) is -4.18. The minimum Gasteiger partial charge on any atom is -0.480 e. The highest BCUT2D eigenvalue weighted by atomic mass is 32.2. The molecular formula is C23H33N7O6S. The number of carboxylic acids is 1. The van der Waals surface area contributed by atoms with E-state index in [0.29, 0.717) is 37.0 Å². The van der Waals surface area contributed by atoms with E-state index in [9.17, 15) is 23.1 Å². The van der Waals surface area contributed by atoms with Crippen molar-refractivity contribution in [1.29, 1.82) is 0 Å². The monoisotopic (exact) mass is 535 g/mol.